The topological polar surface area (TPSA) is 55.2 Å². The zero-order chi connectivity index (χ0) is 9.86. The number of nitrogens with zero attached hydrogens (tertiary/aromatic N) is 2. The highest BCUT2D eigenvalue weighted by molar-refractivity contribution is 5.14. The molecule has 0 bridgehead atoms. The summed E-state index contributed by atoms with van der Waals surface area (Å²) >= 11 is 0. The zero-order valence-electron chi connectivity index (χ0n) is 8.02. The molecule has 1 aromatic heterocycles. The molecule has 1 aliphatic rings. The Kier molecular flexibility index (Phi) is 2.74. The summed E-state index contributed by atoms with van der Waals surface area (Å²) in [6.45, 7) is 1.33. The molecule has 1 atom stereocenters. The van der Waals surface area contributed by atoms with Gasteiger partial charge in [0.15, 0.2) is 0 Å². The number of hydrogen-bond donors (Lipinski definition) is 1. The van der Waals surface area contributed by atoms with Gasteiger partial charge in [-0.1, -0.05) is 0 Å². The normalized spacial score (nSPS) is 28.4. The molecule has 1 N–H and O–H groups in total. The predicted octanol–water partition coefficient (Wildman–Crippen LogP) is 0.865. The molecule has 0 aliphatic carbocycles. The van der Waals surface area contributed by atoms with Crippen LogP contribution in [0.4, 0.5) is 0 Å². The number of aliphatic hydroxyl groups is 1. The Morgan fingerprint density at radius 1 is 1.21 bits per heavy atom. The van der Waals surface area contributed by atoms with E-state index in [1.165, 1.54) is 6.33 Å². The van der Waals surface area contributed by atoms with Crippen LogP contribution in [-0.2, 0) is 10.3 Å². The van der Waals surface area contributed by atoms with E-state index in [0.29, 0.717) is 13.0 Å². The summed E-state index contributed by atoms with van der Waals surface area (Å²) < 4.78 is 5.31. The van der Waals surface area contributed by atoms with Gasteiger partial charge in [-0.25, -0.2) is 9.97 Å². The smallest absolute Gasteiger partial charge is 0.115 e. The molecule has 76 valence electrons. The Balaban J connectivity index is 2.21. The van der Waals surface area contributed by atoms with Crippen molar-refractivity contribution in [1.29, 1.82) is 0 Å². The molecule has 1 unspecified atom stereocenters. The first-order valence-electron chi connectivity index (χ1n) is 4.87. The largest absolute Gasteiger partial charge is 0.385 e. The molecule has 0 amide bonds. The van der Waals surface area contributed by atoms with E-state index < -0.39 is 5.60 Å². The highest BCUT2D eigenvalue weighted by atomic mass is 16.5. The van der Waals surface area contributed by atoms with Gasteiger partial charge in [0.2, 0.25) is 0 Å². The molecular weight excluding hydrogens is 180 g/mol. The number of rotatable bonds is 1. The standard InChI is InChI=1S/C10H14N2O2/c13-10(2-1-4-14-5-3-10)9-6-11-8-12-7-9/h6-8,13H,1-5H2. The maximum absolute atomic E-state index is 10.4. The van der Waals surface area contributed by atoms with Crippen molar-refractivity contribution in [3.05, 3.63) is 24.3 Å². The van der Waals surface area contributed by atoms with Gasteiger partial charge in [-0.15, -0.1) is 0 Å². The quantitative estimate of drug-likeness (QED) is 0.720. The van der Waals surface area contributed by atoms with Crippen molar-refractivity contribution in [1.82, 2.24) is 9.97 Å². The van der Waals surface area contributed by atoms with Gasteiger partial charge in [-0.3, -0.25) is 0 Å². The van der Waals surface area contributed by atoms with E-state index in [0.717, 1.165) is 25.0 Å². The van der Waals surface area contributed by atoms with Gasteiger partial charge >= 0.3 is 0 Å². The van der Waals surface area contributed by atoms with Crippen LogP contribution in [0.2, 0.25) is 0 Å². The average Bonchev–Trinajstić information content (AvgIpc) is 2.46. The van der Waals surface area contributed by atoms with Gasteiger partial charge in [0.1, 0.15) is 6.33 Å². The Morgan fingerprint density at radius 2 is 2.00 bits per heavy atom. The fourth-order valence-corrected chi connectivity index (χ4v) is 1.76. The number of ether oxygens (including phenoxy) is 1. The van der Waals surface area contributed by atoms with Gasteiger partial charge in [0, 0.05) is 37.6 Å². The monoisotopic (exact) mass is 194 g/mol. The first kappa shape index (κ1) is 9.55. The summed E-state index contributed by atoms with van der Waals surface area (Å²) in [4.78, 5) is 7.85. The van der Waals surface area contributed by atoms with Crippen LogP contribution in [0.1, 0.15) is 24.8 Å². The van der Waals surface area contributed by atoms with Gasteiger partial charge in [0.05, 0.1) is 5.60 Å². The predicted molar refractivity (Wildman–Crippen MR) is 50.6 cm³/mol. The minimum Gasteiger partial charge on any atom is -0.385 e. The minimum absolute atomic E-state index is 0.603. The van der Waals surface area contributed by atoms with E-state index in [1.54, 1.807) is 12.4 Å². The van der Waals surface area contributed by atoms with Crippen LogP contribution in [0, 0.1) is 0 Å². The Bertz CT molecular complexity index is 281. The summed E-state index contributed by atoms with van der Waals surface area (Å²) in [5, 5.41) is 10.4. The highest BCUT2D eigenvalue weighted by Gasteiger charge is 2.30. The molecule has 2 heterocycles. The van der Waals surface area contributed by atoms with Crippen LogP contribution in [0.3, 0.4) is 0 Å². The second-order valence-electron chi connectivity index (χ2n) is 3.62. The molecule has 1 fully saturated rings. The third-order valence-electron chi connectivity index (χ3n) is 2.64. The summed E-state index contributed by atoms with van der Waals surface area (Å²) in [5.74, 6) is 0. The summed E-state index contributed by atoms with van der Waals surface area (Å²) in [6, 6.07) is 0. The van der Waals surface area contributed by atoms with Gasteiger partial charge in [-0.05, 0) is 12.8 Å². The fourth-order valence-electron chi connectivity index (χ4n) is 1.76. The van der Waals surface area contributed by atoms with Crippen molar-refractivity contribution in [2.45, 2.75) is 24.9 Å². The van der Waals surface area contributed by atoms with E-state index >= 15 is 0 Å². The van der Waals surface area contributed by atoms with E-state index in [4.69, 9.17) is 4.74 Å². The average molecular weight is 194 g/mol. The summed E-state index contributed by atoms with van der Waals surface area (Å²) in [5.41, 5.74) is 0.00287. The van der Waals surface area contributed by atoms with Crippen LogP contribution in [-0.4, -0.2) is 28.3 Å². The Morgan fingerprint density at radius 3 is 2.79 bits per heavy atom. The lowest BCUT2D eigenvalue weighted by Crippen LogP contribution is -2.26. The van der Waals surface area contributed by atoms with Crippen molar-refractivity contribution in [2.75, 3.05) is 13.2 Å². The summed E-state index contributed by atoms with van der Waals surface area (Å²) in [6.07, 6.45) is 7.06. The highest BCUT2D eigenvalue weighted by Crippen LogP contribution is 2.30. The molecule has 4 heteroatoms. The van der Waals surface area contributed by atoms with E-state index in [1.807, 2.05) is 0 Å². The molecule has 0 radical (unpaired) electrons. The van der Waals surface area contributed by atoms with E-state index in [9.17, 15) is 5.11 Å². The van der Waals surface area contributed by atoms with Crippen LogP contribution >= 0.6 is 0 Å². The Labute approximate surface area is 83.0 Å². The zero-order valence-corrected chi connectivity index (χ0v) is 8.02. The molecular formula is C10H14N2O2. The fraction of sp³-hybridized carbons (Fsp3) is 0.600. The molecule has 2 rings (SSSR count). The van der Waals surface area contributed by atoms with Crippen molar-refractivity contribution in [2.24, 2.45) is 0 Å². The van der Waals surface area contributed by atoms with Gasteiger partial charge in [0.25, 0.3) is 0 Å². The minimum atomic E-state index is -0.794. The number of hydrogen-bond acceptors (Lipinski definition) is 4. The van der Waals surface area contributed by atoms with Crippen LogP contribution in [0.5, 0.6) is 0 Å². The molecule has 1 aromatic rings. The van der Waals surface area contributed by atoms with Crippen LogP contribution in [0.25, 0.3) is 0 Å². The molecule has 0 aromatic carbocycles. The van der Waals surface area contributed by atoms with Crippen molar-refractivity contribution in [3.63, 3.8) is 0 Å². The molecule has 4 nitrogen and oxygen atoms in total. The van der Waals surface area contributed by atoms with E-state index in [2.05, 4.69) is 9.97 Å². The van der Waals surface area contributed by atoms with Gasteiger partial charge < -0.3 is 9.84 Å². The second kappa shape index (κ2) is 4.02. The Hall–Kier alpha value is -1.00. The number of aromatic nitrogens is 2. The van der Waals surface area contributed by atoms with Crippen LogP contribution < -0.4 is 0 Å². The maximum atomic E-state index is 10.4. The lowest BCUT2D eigenvalue weighted by Gasteiger charge is -2.25. The SMILES string of the molecule is OC1(c2cncnc2)CCCOCC1. The first-order valence-corrected chi connectivity index (χ1v) is 4.87. The lowest BCUT2D eigenvalue weighted by molar-refractivity contribution is 0.0138. The van der Waals surface area contributed by atoms with Gasteiger partial charge in [-0.2, -0.15) is 0 Å². The first-order chi connectivity index (χ1) is 6.81. The van der Waals surface area contributed by atoms with E-state index in [-0.39, 0.29) is 0 Å². The second-order valence-corrected chi connectivity index (χ2v) is 3.62. The maximum Gasteiger partial charge on any atom is 0.115 e. The molecule has 1 aliphatic heterocycles. The summed E-state index contributed by atoms with van der Waals surface area (Å²) in [7, 11) is 0. The van der Waals surface area contributed by atoms with Crippen molar-refractivity contribution >= 4 is 0 Å². The third kappa shape index (κ3) is 1.91. The molecule has 1 saturated heterocycles. The third-order valence-corrected chi connectivity index (χ3v) is 2.64. The van der Waals surface area contributed by atoms with Crippen molar-refractivity contribution in [3.8, 4) is 0 Å². The molecule has 0 spiro atoms. The molecule has 14 heavy (non-hydrogen) atoms. The lowest BCUT2D eigenvalue weighted by atomic mass is 9.89. The van der Waals surface area contributed by atoms with Crippen molar-refractivity contribution < 1.29 is 9.84 Å². The van der Waals surface area contributed by atoms with Crippen LogP contribution in [0.15, 0.2) is 18.7 Å². The molecule has 0 saturated carbocycles.